The molecule has 0 spiro atoms. The summed E-state index contributed by atoms with van der Waals surface area (Å²) in [6.45, 7) is 0.472. The highest BCUT2D eigenvalue weighted by atomic mass is 32.2. The fraction of sp³-hybridized carbons (Fsp3) is 0.0870. The second-order valence-electron chi connectivity index (χ2n) is 7.21. The Kier molecular flexibility index (Phi) is 4.63. The van der Waals surface area contributed by atoms with Crippen LogP contribution in [0.15, 0.2) is 79.0 Å². The average Bonchev–Trinajstić information content (AvgIpc) is 2.79. The lowest BCUT2D eigenvalue weighted by molar-refractivity contribution is 0.102. The minimum atomic E-state index is -3.18. The van der Waals surface area contributed by atoms with Gasteiger partial charge in [-0.25, -0.2) is 13.4 Å². The van der Waals surface area contributed by atoms with E-state index in [9.17, 15) is 13.2 Å². The van der Waals surface area contributed by atoms with Crippen molar-refractivity contribution in [2.45, 2.75) is 0 Å². The standard InChI is InChI=1S/C23H18N4O3S/c28-23(16-6-8-19(9-7-16)27-13-14-31(27,29)30)25-18-4-1-3-17(15-18)20-10-11-21-22(26-20)5-2-12-24-21/h1-12,15H,13-14H2,(H,25,28). The van der Waals surface area contributed by atoms with E-state index in [0.717, 1.165) is 22.3 Å². The van der Waals surface area contributed by atoms with Crippen LogP contribution in [0.4, 0.5) is 11.4 Å². The van der Waals surface area contributed by atoms with Gasteiger partial charge in [-0.05, 0) is 60.7 Å². The van der Waals surface area contributed by atoms with Gasteiger partial charge in [0.2, 0.25) is 10.0 Å². The molecule has 3 heterocycles. The first-order chi connectivity index (χ1) is 15.0. The summed E-state index contributed by atoms with van der Waals surface area (Å²) in [5.74, 6) is -0.112. The van der Waals surface area contributed by atoms with Crippen LogP contribution in [0.2, 0.25) is 0 Å². The van der Waals surface area contributed by atoms with E-state index < -0.39 is 10.0 Å². The summed E-state index contributed by atoms with van der Waals surface area (Å²) in [5, 5.41) is 2.89. The Morgan fingerprint density at radius 3 is 2.52 bits per heavy atom. The summed E-state index contributed by atoms with van der Waals surface area (Å²) in [7, 11) is -3.18. The first-order valence-electron chi connectivity index (χ1n) is 9.74. The summed E-state index contributed by atoms with van der Waals surface area (Å²) < 4.78 is 24.8. The number of pyridine rings is 2. The number of nitrogens with zero attached hydrogens (tertiary/aromatic N) is 3. The van der Waals surface area contributed by atoms with Gasteiger partial charge in [-0.3, -0.25) is 14.1 Å². The third-order valence-electron chi connectivity index (χ3n) is 5.18. The zero-order chi connectivity index (χ0) is 21.4. The van der Waals surface area contributed by atoms with Crippen molar-refractivity contribution in [1.82, 2.24) is 9.97 Å². The van der Waals surface area contributed by atoms with Crippen molar-refractivity contribution in [3.63, 3.8) is 0 Å². The molecule has 154 valence electrons. The monoisotopic (exact) mass is 430 g/mol. The first kappa shape index (κ1) is 19.2. The van der Waals surface area contributed by atoms with E-state index in [1.807, 2.05) is 48.5 Å². The second kappa shape index (κ2) is 7.48. The Hall–Kier alpha value is -3.78. The largest absolute Gasteiger partial charge is 0.322 e. The van der Waals surface area contributed by atoms with Gasteiger partial charge >= 0.3 is 0 Å². The third kappa shape index (κ3) is 3.73. The zero-order valence-electron chi connectivity index (χ0n) is 16.4. The molecule has 0 saturated carbocycles. The van der Waals surface area contributed by atoms with Crippen LogP contribution in [-0.2, 0) is 10.0 Å². The van der Waals surface area contributed by atoms with Gasteiger partial charge in [0.1, 0.15) is 0 Å². The van der Waals surface area contributed by atoms with Crippen LogP contribution in [0, 0.1) is 0 Å². The maximum atomic E-state index is 12.7. The predicted molar refractivity (Wildman–Crippen MR) is 121 cm³/mol. The van der Waals surface area contributed by atoms with Crippen molar-refractivity contribution < 1.29 is 13.2 Å². The van der Waals surface area contributed by atoms with Crippen LogP contribution in [-0.4, -0.2) is 36.6 Å². The van der Waals surface area contributed by atoms with E-state index in [1.54, 1.807) is 30.5 Å². The van der Waals surface area contributed by atoms with Crippen molar-refractivity contribution in [3.05, 3.63) is 84.6 Å². The number of fused-ring (bicyclic) bond motifs is 1. The fourth-order valence-electron chi connectivity index (χ4n) is 3.48. The topological polar surface area (TPSA) is 92.3 Å². The molecule has 1 saturated heterocycles. The molecule has 4 aromatic rings. The Bertz CT molecular complexity index is 1400. The van der Waals surface area contributed by atoms with Gasteiger partial charge in [-0.1, -0.05) is 12.1 Å². The lowest BCUT2D eigenvalue weighted by Crippen LogP contribution is -2.47. The molecule has 2 aromatic carbocycles. The molecule has 1 fully saturated rings. The van der Waals surface area contributed by atoms with Gasteiger partial charge in [-0.2, -0.15) is 0 Å². The molecule has 1 aliphatic rings. The summed E-state index contributed by atoms with van der Waals surface area (Å²) in [6, 6.07) is 21.6. The van der Waals surface area contributed by atoms with Crippen LogP contribution >= 0.6 is 0 Å². The molecule has 0 bridgehead atoms. The third-order valence-corrected chi connectivity index (χ3v) is 6.94. The van der Waals surface area contributed by atoms with Gasteiger partial charge in [0.05, 0.1) is 28.2 Å². The lowest BCUT2D eigenvalue weighted by Gasteiger charge is -2.32. The predicted octanol–water partition coefficient (Wildman–Crippen LogP) is 3.70. The first-order valence-corrected chi connectivity index (χ1v) is 11.3. The number of sulfonamides is 1. The number of nitrogens with one attached hydrogen (secondary N) is 1. The van der Waals surface area contributed by atoms with Gasteiger partial charge in [0.15, 0.2) is 0 Å². The number of carbonyl (C=O) groups excluding carboxylic acids is 1. The van der Waals surface area contributed by atoms with Gasteiger partial charge in [-0.15, -0.1) is 0 Å². The van der Waals surface area contributed by atoms with Crippen molar-refractivity contribution in [3.8, 4) is 11.3 Å². The number of benzene rings is 2. The Morgan fingerprint density at radius 2 is 1.77 bits per heavy atom. The number of aromatic nitrogens is 2. The minimum Gasteiger partial charge on any atom is -0.322 e. The van der Waals surface area contributed by atoms with Gasteiger partial charge < -0.3 is 5.32 Å². The van der Waals surface area contributed by atoms with Crippen molar-refractivity contribution in [2.24, 2.45) is 0 Å². The molecule has 31 heavy (non-hydrogen) atoms. The molecule has 1 amide bonds. The fourth-order valence-corrected chi connectivity index (χ4v) is 4.58. The molecule has 0 aliphatic carbocycles. The normalized spacial score (nSPS) is 14.8. The smallest absolute Gasteiger partial charge is 0.255 e. The van der Waals surface area contributed by atoms with Crippen molar-refractivity contribution in [2.75, 3.05) is 21.9 Å². The maximum Gasteiger partial charge on any atom is 0.255 e. The molecule has 2 aromatic heterocycles. The SMILES string of the molecule is O=C(Nc1cccc(-c2ccc3ncccc3n2)c1)c1ccc(N2CCS2(=O)=O)cc1. The van der Waals surface area contributed by atoms with E-state index in [-0.39, 0.29) is 11.7 Å². The van der Waals surface area contributed by atoms with Crippen LogP contribution in [0.3, 0.4) is 0 Å². The van der Waals surface area contributed by atoms with Crippen molar-refractivity contribution >= 4 is 38.3 Å². The van der Waals surface area contributed by atoms with Gasteiger partial charge in [0.25, 0.3) is 5.91 Å². The van der Waals surface area contributed by atoms with Crippen molar-refractivity contribution in [1.29, 1.82) is 0 Å². The number of amides is 1. The number of hydrogen-bond acceptors (Lipinski definition) is 5. The second-order valence-corrected chi connectivity index (χ2v) is 9.22. The molecule has 1 aliphatic heterocycles. The van der Waals surface area contributed by atoms with Crippen LogP contribution < -0.4 is 9.62 Å². The Morgan fingerprint density at radius 1 is 0.935 bits per heavy atom. The number of carbonyl (C=O) groups is 1. The molecular weight excluding hydrogens is 412 g/mol. The number of hydrogen-bond donors (Lipinski definition) is 1. The highest BCUT2D eigenvalue weighted by Gasteiger charge is 2.32. The summed E-state index contributed by atoms with van der Waals surface area (Å²) in [5.41, 5.74) is 4.95. The number of anilines is 2. The Balaban J connectivity index is 1.34. The molecule has 0 unspecified atom stereocenters. The average molecular weight is 430 g/mol. The maximum absolute atomic E-state index is 12.7. The van der Waals surface area contributed by atoms with E-state index in [0.29, 0.717) is 23.5 Å². The number of rotatable bonds is 4. The highest BCUT2D eigenvalue weighted by Crippen LogP contribution is 2.26. The molecule has 5 rings (SSSR count). The van der Waals surface area contributed by atoms with Crippen LogP contribution in [0.1, 0.15) is 10.4 Å². The lowest BCUT2D eigenvalue weighted by atomic mass is 10.1. The quantitative estimate of drug-likeness (QED) is 0.533. The summed E-state index contributed by atoms with van der Waals surface area (Å²) >= 11 is 0. The van der Waals surface area contributed by atoms with E-state index in [1.165, 1.54) is 4.31 Å². The molecule has 7 nitrogen and oxygen atoms in total. The molecular formula is C23H18N4O3S. The van der Waals surface area contributed by atoms with Crippen LogP contribution in [0.25, 0.3) is 22.3 Å². The van der Waals surface area contributed by atoms with E-state index >= 15 is 0 Å². The van der Waals surface area contributed by atoms with E-state index in [4.69, 9.17) is 0 Å². The summed E-state index contributed by atoms with van der Waals surface area (Å²) in [6.07, 6.45) is 1.73. The molecule has 0 radical (unpaired) electrons. The zero-order valence-corrected chi connectivity index (χ0v) is 17.2. The van der Waals surface area contributed by atoms with E-state index in [2.05, 4.69) is 15.3 Å². The highest BCUT2D eigenvalue weighted by molar-refractivity contribution is 7.94. The molecule has 0 atom stereocenters. The minimum absolute atomic E-state index is 0.161. The summed E-state index contributed by atoms with van der Waals surface area (Å²) in [4.78, 5) is 21.6. The molecule has 8 heteroatoms. The molecule has 1 N–H and O–H groups in total. The van der Waals surface area contributed by atoms with Crippen LogP contribution in [0.5, 0.6) is 0 Å². The Labute approximate surface area is 179 Å². The van der Waals surface area contributed by atoms with Gasteiger partial charge in [0, 0.05) is 29.6 Å².